The van der Waals surface area contributed by atoms with Crippen LogP contribution in [0.25, 0.3) is 10.8 Å². The standard InChI is InChI=1S/C26H25N5O5S.Na/c32-16-14-31(15-17-33)21-8-6-20(7-9-21)28-29-25-12-13-26(30-27-19-4-2-1-3-5-19)24-18-22(37(34,35)36)10-11-23(24)25;/h1-13,18,32-33H,14-17H2,(H,34,35,36);/q;+1/p-1. The van der Waals surface area contributed by atoms with E-state index in [0.29, 0.717) is 46.6 Å². The average molecular weight is 542 g/mol. The molecule has 4 rings (SSSR count). The first-order chi connectivity index (χ1) is 17.9. The predicted octanol–water partition coefficient (Wildman–Crippen LogP) is 2.37. The van der Waals surface area contributed by atoms with E-state index in [1.54, 1.807) is 36.4 Å². The van der Waals surface area contributed by atoms with Crippen LogP contribution in [-0.4, -0.2) is 49.5 Å². The van der Waals surface area contributed by atoms with Gasteiger partial charge in [-0.05, 0) is 60.7 Å². The zero-order chi connectivity index (χ0) is 26.3. The molecule has 0 spiro atoms. The van der Waals surface area contributed by atoms with Gasteiger partial charge in [0.25, 0.3) is 0 Å². The number of anilines is 1. The zero-order valence-corrected chi connectivity index (χ0v) is 23.5. The number of nitrogens with zero attached hydrogens (tertiary/aromatic N) is 5. The number of fused-ring (bicyclic) bond motifs is 1. The summed E-state index contributed by atoms with van der Waals surface area (Å²) in [6.45, 7) is 0.709. The van der Waals surface area contributed by atoms with Gasteiger partial charge in [0.2, 0.25) is 0 Å². The van der Waals surface area contributed by atoms with Gasteiger partial charge in [0.1, 0.15) is 10.1 Å². The van der Waals surface area contributed by atoms with Crippen molar-refractivity contribution in [2.45, 2.75) is 4.90 Å². The molecule has 0 aromatic heterocycles. The maximum Gasteiger partial charge on any atom is 1.00 e. The molecule has 0 fully saturated rings. The second kappa shape index (κ2) is 13.7. The number of hydrogen-bond donors (Lipinski definition) is 2. The predicted molar refractivity (Wildman–Crippen MR) is 140 cm³/mol. The smallest absolute Gasteiger partial charge is 0.744 e. The second-order valence-electron chi connectivity index (χ2n) is 7.95. The van der Waals surface area contributed by atoms with E-state index in [1.807, 2.05) is 35.2 Å². The summed E-state index contributed by atoms with van der Waals surface area (Å²) in [4.78, 5) is 1.47. The van der Waals surface area contributed by atoms with Gasteiger partial charge in [-0.25, -0.2) is 8.42 Å². The van der Waals surface area contributed by atoms with Crippen molar-refractivity contribution >= 4 is 49.3 Å². The molecule has 0 aliphatic heterocycles. The minimum atomic E-state index is -4.68. The quantitative estimate of drug-likeness (QED) is 0.179. The van der Waals surface area contributed by atoms with Crippen molar-refractivity contribution in [3.8, 4) is 0 Å². The maximum atomic E-state index is 11.6. The van der Waals surface area contributed by atoms with Gasteiger partial charge in [-0.15, -0.1) is 10.2 Å². The van der Waals surface area contributed by atoms with E-state index in [4.69, 9.17) is 0 Å². The van der Waals surface area contributed by atoms with Gasteiger partial charge in [-0.1, -0.05) is 24.3 Å². The Labute approximate surface area is 242 Å². The minimum Gasteiger partial charge on any atom is -0.744 e. The Morgan fingerprint density at radius 2 is 1.24 bits per heavy atom. The number of azo groups is 2. The van der Waals surface area contributed by atoms with Crippen LogP contribution in [0.1, 0.15) is 0 Å². The summed E-state index contributed by atoms with van der Waals surface area (Å²) in [5.41, 5.74) is 2.84. The Morgan fingerprint density at radius 1 is 0.684 bits per heavy atom. The van der Waals surface area contributed by atoms with Gasteiger partial charge in [0.15, 0.2) is 0 Å². The molecule has 38 heavy (non-hydrogen) atoms. The molecule has 10 nitrogen and oxygen atoms in total. The molecular formula is C26H24N5NaO5S. The van der Waals surface area contributed by atoms with Crippen molar-refractivity contribution in [2.75, 3.05) is 31.2 Å². The van der Waals surface area contributed by atoms with Crippen molar-refractivity contribution < 1.29 is 52.7 Å². The van der Waals surface area contributed by atoms with Crippen LogP contribution in [0.3, 0.4) is 0 Å². The van der Waals surface area contributed by atoms with Crippen LogP contribution in [-0.2, 0) is 10.1 Å². The summed E-state index contributed by atoms with van der Waals surface area (Å²) in [6.07, 6.45) is 0. The molecule has 0 aliphatic rings. The summed E-state index contributed by atoms with van der Waals surface area (Å²) >= 11 is 0. The third kappa shape index (κ3) is 7.51. The zero-order valence-electron chi connectivity index (χ0n) is 20.7. The number of benzene rings is 4. The number of hydrogen-bond acceptors (Lipinski definition) is 10. The van der Waals surface area contributed by atoms with Crippen LogP contribution in [0.5, 0.6) is 0 Å². The first-order valence-electron chi connectivity index (χ1n) is 11.4. The van der Waals surface area contributed by atoms with Crippen molar-refractivity contribution in [3.05, 3.63) is 84.9 Å². The number of rotatable bonds is 10. The molecule has 12 heteroatoms. The van der Waals surface area contributed by atoms with E-state index >= 15 is 0 Å². The Balaban J connectivity index is 0.00000400. The third-order valence-corrected chi connectivity index (χ3v) is 6.32. The largest absolute Gasteiger partial charge is 1.00 e. The van der Waals surface area contributed by atoms with Crippen molar-refractivity contribution in [1.82, 2.24) is 0 Å². The maximum absolute atomic E-state index is 11.6. The minimum absolute atomic E-state index is 0. The van der Waals surface area contributed by atoms with E-state index in [0.717, 1.165) is 5.69 Å². The van der Waals surface area contributed by atoms with Gasteiger partial charge >= 0.3 is 29.6 Å². The fourth-order valence-corrected chi connectivity index (χ4v) is 4.18. The molecule has 0 unspecified atom stereocenters. The summed E-state index contributed by atoms with van der Waals surface area (Å²) in [5.74, 6) is 0. The molecule has 2 N–H and O–H groups in total. The third-order valence-electron chi connectivity index (χ3n) is 5.49. The topological polar surface area (TPSA) is 150 Å². The first-order valence-corrected chi connectivity index (χ1v) is 12.8. The molecule has 0 amide bonds. The SMILES string of the molecule is O=S(=O)([O-])c1ccc2c(N=Nc3ccc(N(CCO)CCO)cc3)ccc(N=Nc3ccccc3)c2c1.[Na+]. The van der Waals surface area contributed by atoms with Gasteiger partial charge in [0, 0.05) is 29.5 Å². The summed E-state index contributed by atoms with van der Waals surface area (Å²) in [5, 5.41) is 36.5. The van der Waals surface area contributed by atoms with E-state index < -0.39 is 10.1 Å². The Bertz CT molecular complexity index is 1530. The van der Waals surface area contributed by atoms with Gasteiger partial charge in [-0.3, -0.25) is 0 Å². The average Bonchev–Trinajstić information content (AvgIpc) is 2.91. The molecule has 190 valence electrons. The van der Waals surface area contributed by atoms with E-state index in [-0.39, 0.29) is 47.7 Å². The molecule has 0 saturated heterocycles. The van der Waals surface area contributed by atoms with Crippen molar-refractivity contribution in [1.29, 1.82) is 0 Å². The Hall–Kier alpha value is -3.03. The summed E-state index contributed by atoms with van der Waals surface area (Å²) < 4.78 is 34.9. The van der Waals surface area contributed by atoms with E-state index in [9.17, 15) is 23.2 Å². The summed E-state index contributed by atoms with van der Waals surface area (Å²) in [6, 6.07) is 23.5. The van der Waals surface area contributed by atoms with E-state index in [1.165, 1.54) is 18.2 Å². The second-order valence-corrected chi connectivity index (χ2v) is 9.33. The molecular weight excluding hydrogens is 517 g/mol. The van der Waals surface area contributed by atoms with Crippen LogP contribution in [0.2, 0.25) is 0 Å². The fraction of sp³-hybridized carbons (Fsp3) is 0.154. The van der Waals surface area contributed by atoms with Crippen LogP contribution in [0.4, 0.5) is 28.4 Å². The summed E-state index contributed by atoms with van der Waals surface area (Å²) in [7, 11) is -4.68. The molecule has 0 atom stereocenters. The van der Waals surface area contributed by atoms with Crippen molar-refractivity contribution in [3.63, 3.8) is 0 Å². The van der Waals surface area contributed by atoms with Gasteiger partial charge < -0.3 is 19.7 Å². The van der Waals surface area contributed by atoms with Crippen LogP contribution in [0.15, 0.2) is 110 Å². The Morgan fingerprint density at radius 3 is 1.79 bits per heavy atom. The molecule has 0 heterocycles. The fourth-order valence-electron chi connectivity index (χ4n) is 3.69. The number of aliphatic hydroxyl groups is 2. The molecule has 4 aromatic carbocycles. The first kappa shape index (κ1) is 29.5. The molecule has 0 saturated carbocycles. The van der Waals surface area contributed by atoms with Crippen molar-refractivity contribution in [2.24, 2.45) is 20.5 Å². The molecule has 0 bridgehead atoms. The van der Waals surface area contributed by atoms with Crippen LogP contribution >= 0.6 is 0 Å². The van der Waals surface area contributed by atoms with Crippen LogP contribution in [0, 0.1) is 0 Å². The monoisotopic (exact) mass is 541 g/mol. The van der Waals surface area contributed by atoms with Gasteiger partial charge in [-0.2, -0.15) is 10.2 Å². The van der Waals surface area contributed by atoms with E-state index in [2.05, 4.69) is 20.5 Å². The normalized spacial score (nSPS) is 11.8. The van der Waals surface area contributed by atoms with Crippen LogP contribution < -0.4 is 34.5 Å². The molecule has 0 radical (unpaired) electrons. The molecule has 4 aromatic rings. The molecule has 0 aliphatic carbocycles. The number of aliphatic hydroxyl groups excluding tert-OH is 2. The van der Waals surface area contributed by atoms with Gasteiger partial charge in [0.05, 0.1) is 40.9 Å². The Kier molecular flexibility index (Phi) is 10.6.